The number of hydrogen-bond acceptors (Lipinski definition) is 4. The van der Waals surface area contributed by atoms with Crippen LogP contribution in [0.5, 0.6) is 0 Å². The molecule has 3 amide bonds. The molecule has 7 nitrogen and oxygen atoms in total. The molecule has 1 aromatic carbocycles. The average Bonchev–Trinajstić information content (AvgIpc) is 3.24. The Morgan fingerprint density at radius 2 is 1.93 bits per heavy atom. The summed E-state index contributed by atoms with van der Waals surface area (Å²) in [5.41, 5.74) is 0.222. The van der Waals surface area contributed by atoms with Gasteiger partial charge in [0.1, 0.15) is 11.6 Å². The Morgan fingerprint density at radius 1 is 1.14 bits per heavy atom. The number of hydrogen-bond donors (Lipinski definition) is 2. The van der Waals surface area contributed by atoms with Gasteiger partial charge in [-0.3, -0.25) is 14.4 Å². The zero-order valence-electron chi connectivity index (χ0n) is 15.8. The summed E-state index contributed by atoms with van der Waals surface area (Å²) in [6.45, 7) is 1.51. The number of likely N-dealkylation sites (tertiary alicyclic amines) is 1. The van der Waals surface area contributed by atoms with Gasteiger partial charge in [-0.05, 0) is 55.2 Å². The average molecular weight is 399 g/mol. The van der Waals surface area contributed by atoms with E-state index >= 15 is 0 Å². The molecule has 0 unspecified atom stereocenters. The van der Waals surface area contributed by atoms with E-state index in [2.05, 4.69) is 10.6 Å². The third-order valence-electron chi connectivity index (χ3n) is 4.70. The van der Waals surface area contributed by atoms with E-state index in [0.717, 1.165) is 18.9 Å². The molecule has 0 bridgehead atoms. The number of amides is 3. The number of piperidine rings is 1. The van der Waals surface area contributed by atoms with Gasteiger partial charge in [0.05, 0.1) is 6.26 Å². The highest BCUT2D eigenvalue weighted by Crippen LogP contribution is 2.17. The highest BCUT2D eigenvalue weighted by atomic mass is 19.1. The maximum Gasteiger partial charge on any atom is 0.313 e. The first-order valence-electron chi connectivity index (χ1n) is 9.36. The molecule has 1 aromatic heterocycles. The third-order valence-corrected chi connectivity index (χ3v) is 4.70. The molecule has 152 valence electrons. The fourth-order valence-corrected chi connectivity index (χ4v) is 3.07. The Hall–Kier alpha value is -3.42. The molecule has 3 rings (SSSR count). The van der Waals surface area contributed by atoms with E-state index in [1.807, 2.05) is 0 Å². The van der Waals surface area contributed by atoms with Gasteiger partial charge in [-0.25, -0.2) is 4.39 Å². The topological polar surface area (TPSA) is 91.7 Å². The molecule has 0 saturated carbocycles. The Morgan fingerprint density at radius 3 is 2.62 bits per heavy atom. The Labute approximate surface area is 167 Å². The van der Waals surface area contributed by atoms with Gasteiger partial charge >= 0.3 is 11.8 Å². The van der Waals surface area contributed by atoms with Crippen LogP contribution in [-0.4, -0.2) is 42.3 Å². The van der Waals surface area contributed by atoms with Crippen LogP contribution in [0.25, 0.3) is 6.08 Å². The van der Waals surface area contributed by atoms with E-state index in [1.165, 1.54) is 24.3 Å². The van der Waals surface area contributed by atoms with Crippen molar-refractivity contribution in [3.63, 3.8) is 0 Å². The van der Waals surface area contributed by atoms with Crippen molar-refractivity contribution in [2.24, 2.45) is 5.92 Å². The van der Waals surface area contributed by atoms with E-state index in [0.29, 0.717) is 25.4 Å². The largest absolute Gasteiger partial charge is 0.465 e. The van der Waals surface area contributed by atoms with E-state index in [1.54, 1.807) is 29.4 Å². The second-order valence-electron chi connectivity index (χ2n) is 6.79. The number of carbonyl (C=O) groups is 3. The molecule has 0 spiro atoms. The molecule has 2 N–H and O–H groups in total. The number of nitrogens with zero attached hydrogens (tertiary/aromatic N) is 1. The SMILES string of the molecule is O=C(NCC1CCN(C(=O)/C=C/c2ccco2)CC1)C(=O)Nc1cccc(F)c1. The summed E-state index contributed by atoms with van der Waals surface area (Å²) in [6.07, 6.45) is 6.12. The van der Waals surface area contributed by atoms with Crippen molar-refractivity contribution in [3.8, 4) is 0 Å². The highest BCUT2D eigenvalue weighted by Gasteiger charge is 2.23. The Kier molecular flexibility index (Phi) is 6.78. The molecule has 8 heteroatoms. The maximum absolute atomic E-state index is 13.1. The molecule has 0 radical (unpaired) electrons. The van der Waals surface area contributed by atoms with Crippen molar-refractivity contribution < 1.29 is 23.2 Å². The predicted molar refractivity (Wildman–Crippen MR) is 105 cm³/mol. The van der Waals surface area contributed by atoms with E-state index in [-0.39, 0.29) is 17.5 Å². The van der Waals surface area contributed by atoms with E-state index in [9.17, 15) is 18.8 Å². The van der Waals surface area contributed by atoms with Crippen LogP contribution in [0.2, 0.25) is 0 Å². The summed E-state index contributed by atoms with van der Waals surface area (Å²) in [5.74, 6) is -1.39. The first-order valence-corrected chi connectivity index (χ1v) is 9.36. The van der Waals surface area contributed by atoms with Crippen LogP contribution in [0.1, 0.15) is 18.6 Å². The van der Waals surface area contributed by atoms with Gasteiger partial charge in [-0.1, -0.05) is 6.07 Å². The number of furan rings is 1. The van der Waals surface area contributed by atoms with Crippen LogP contribution in [0, 0.1) is 11.7 Å². The lowest BCUT2D eigenvalue weighted by molar-refractivity contribution is -0.136. The van der Waals surface area contributed by atoms with Crippen molar-refractivity contribution in [2.75, 3.05) is 25.0 Å². The van der Waals surface area contributed by atoms with Gasteiger partial charge in [-0.2, -0.15) is 0 Å². The summed E-state index contributed by atoms with van der Waals surface area (Å²) in [5, 5.41) is 4.96. The van der Waals surface area contributed by atoms with Crippen LogP contribution in [0.15, 0.2) is 53.2 Å². The molecular weight excluding hydrogens is 377 g/mol. The van der Waals surface area contributed by atoms with Gasteiger partial charge in [-0.15, -0.1) is 0 Å². The minimum Gasteiger partial charge on any atom is -0.465 e. The molecule has 1 aliphatic heterocycles. The van der Waals surface area contributed by atoms with Crippen molar-refractivity contribution in [1.29, 1.82) is 0 Å². The van der Waals surface area contributed by atoms with Gasteiger partial charge in [0.15, 0.2) is 0 Å². The minimum atomic E-state index is -0.841. The number of carbonyl (C=O) groups excluding carboxylic acids is 3. The van der Waals surface area contributed by atoms with Gasteiger partial charge in [0.2, 0.25) is 5.91 Å². The van der Waals surface area contributed by atoms with Crippen molar-refractivity contribution in [2.45, 2.75) is 12.8 Å². The monoisotopic (exact) mass is 399 g/mol. The number of anilines is 1. The highest BCUT2D eigenvalue weighted by molar-refractivity contribution is 6.39. The zero-order chi connectivity index (χ0) is 20.6. The van der Waals surface area contributed by atoms with E-state index in [4.69, 9.17) is 4.42 Å². The number of halogens is 1. The van der Waals surface area contributed by atoms with Gasteiger partial charge in [0.25, 0.3) is 0 Å². The van der Waals surface area contributed by atoms with Gasteiger partial charge in [0, 0.05) is 31.4 Å². The van der Waals surface area contributed by atoms with Crippen LogP contribution >= 0.6 is 0 Å². The molecular formula is C21H22FN3O4. The van der Waals surface area contributed by atoms with Crippen LogP contribution in [0.3, 0.4) is 0 Å². The van der Waals surface area contributed by atoms with Crippen molar-refractivity contribution in [3.05, 3.63) is 60.3 Å². The summed E-state index contributed by atoms with van der Waals surface area (Å²) in [4.78, 5) is 37.8. The summed E-state index contributed by atoms with van der Waals surface area (Å²) >= 11 is 0. The van der Waals surface area contributed by atoms with Crippen LogP contribution in [0.4, 0.5) is 10.1 Å². The molecule has 0 aliphatic carbocycles. The molecule has 2 heterocycles. The normalized spacial score (nSPS) is 14.7. The molecule has 29 heavy (non-hydrogen) atoms. The molecule has 1 fully saturated rings. The molecule has 2 aromatic rings. The quantitative estimate of drug-likeness (QED) is 0.597. The van der Waals surface area contributed by atoms with Crippen molar-refractivity contribution in [1.82, 2.24) is 10.2 Å². The summed E-state index contributed by atoms with van der Waals surface area (Å²) in [6, 6.07) is 8.85. The fraction of sp³-hybridized carbons (Fsp3) is 0.286. The fourth-order valence-electron chi connectivity index (χ4n) is 3.07. The molecule has 0 atom stereocenters. The number of benzene rings is 1. The maximum atomic E-state index is 13.1. The minimum absolute atomic E-state index is 0.0849. The lowest BCUT2D eigenvalue weighted by atomic mass is 9.96. The Balaban J connectivity index is 1.38. The van der Waals surface area contributed by atoms with E-state index < -0.39 is 17.6 Å². The smallest absolute Gasteiger partial charge is 0.313 e. The molecule has 1 saturated heterocycles. The lowest BCUT2D eigenvalue weighted by Gasteiger charge is -2.31. The van der Waals surface area contributed by atoms with Gasteiger partial charge < -0.3 is 20.0 Å². The van der Waals surface area contributed by atoms with Crippen molar-refractivity contribution >= 4 is 29.5 Å². The van der Waals surface area contributed by atoms with Crippen LogP contribution < -0.4 is 10.6 Å². The summed E-state index contributed by atoms with van der Waals surface area (Å²) < 4.78 is 18.3. The second-order valence-corrected chi connectivity index (χ2v) is 6.79. The summed E-state index contributed by atoms with van der Waals surface area (Å²) in [7, 11) is 0. The number of nitrogens with one attached hydrogen (secondary N) is 2. The first-order chi connectivity index (χ1) is 14.0. The number of rotatable bonds is 5. The third kappa shape index (κ3) is 6.03. The first kappa shape index (κ1) is 20.3. The molecule has 1 aliphatic rings. The van der Waals surface area contributed by atoms with Crippen LogP contribution in [-0.2, 0) is 14.4 Å². The standard InChI is InChI=1S/C21H22FN3O4/c22-16-3-1-4-17(13-16)24-21(28)20(27)23-14-15-8-10-25(11-9-15)19(26)7-6-18-5-2-12-29-18/h1-7,12-13,15H,8-11,14H2,(H,23,27)(H,24,28)/b7-6+. The Bertz CT molecular complexity index is 887. The predicted octanol–water partition coefficient (Wildman–Crippen LogP) is 2.43. The lowest BCUT2D eigenvalue weighted by Crippen LogP contribution is -2.43. The second kappa shape index (κ2) is 9.68. The zero-order valence-corrected chi connectivity index (χ0v) is 15.8.